The highest BCUT2D eigenvalue weighted by Gasteiger charge is 2.15. The fourth-order valence-corrected chi connectivity index (χ4v) is 4.03. The van der Waals surface area contributed by atoms with Gasteiger partial charge in [-0.2, -0.15) is 0 Å². The second-order valence-electron chi connectivity index (χ2n) is 5.49. The molecule has 2 N–H and O–H groups in total. The molecule has 1 fully saturated rings. The number of carbonyl (C=O) groups excluding carboxylic acids is 1. The third kappa shape index (κ3) is 4.77. The second-order valence-corrected chi connectivity index (χ2v) is 6.92. The Morgan fingerprint density at radius 2 is 2.09 bits per heavy atom. The number of halogens is 2. The van der Waals surface area contributed by atoms with Crippen molar-refractivity contribution in [1.29, 1.82) is 0 Å². The summed E-state index contributed by atoms with van der Waals surface area (Å²) >= 11 is 7.85. The van der Waals surface area contributed by atoms with E-state index in [0.717, 1.165) is 46.6 Å². The van der Waals surface area contributed by atoms with Gasteiger partial charge < -0.3 is 10.6 Å². The standard InChI is InChI=1S/C17H19ClN2OS.ClH/c18-14-7-1-4-12-5-2-8-15(17(12)14)22-11-16(21)20-13-6-3-9-19-10-13;/h1-2,4-5,7-8,13,19H,3,6,9-11H2,(H,20,21);1H. The Morgan fingerprint density at radius 3 is 2.83 bits per heavy atom. The van der Waals surface area contributed by atoms with Crippen LogP contribution in [0.4, 0.5) is 0 Å². The van der Waals surface area contributed by atoms with E-state index in [9.17, 15) is 4.79 Å². The molecule has 0 aromatic heterocycles. The van der Waals surface area contributed by atoms with Crippen molar-refractivity contribution in [2.24, 2.45) is 0 Å². The predicted octanol–water partition coefficient (Wildman–Crippen LogP) is 3.88. The summed E-state index contributed by atoms with van der Waals surface area (Å²) in [6.45, 7) is 1.92. The van der Waals surface area contributed by atoms with E-state index in [1.807, 2.05) is 36.4 Å². The summed E-state index contributed by atoms with van der Waals surface area (Å²) in [6, 6.07) is 12.2. The Kier molecular flexibility index (Phi) is 7.03. The normalized spacial score (nSPS) is 17.5. The van der Waals surface area contributed by atoms with Gasteiger partial charge >= 0.3 is 0 Å². The first-order chi connectivity index (χ1) is 10.7. The number of carbonyl (C=O) groups is 1. The van der Waals surface area contributed by atoms with E-state index in [1.54, 1.807) is 11.8 Å². The predicted molar refractivity (Wildman–Crippen MR) is 101 cm³/mol. The van der Waals surface area contributed by atoms with Crippen LogP contribution in [-0.2, 0) is 4.79 Å². The van der Waals surface area contributed by atoms with Crippen molar-refractivity contribution in [3.63, 3.8) is 0 Å². The molecule has 1 aliphatic heterocycles. The molecule has 0 bridgehead atoms. The number of thioether (sulfide) groups is 1. The van der Waals surface area contributed by atoms with Crippen LogP contribution in [0.25, 0.3) is 10.8 Å². The molecule has 1 aliphatic rings. The maximum atomic E-state index is 12.1. The van der Waals surface area contributed by atoms with Crippen LogP contribution in [0.15, 0.2) is 41.3 Å². The van der Waals surface area contributed by atoms with Gasteiger partial charge in [-0.3, -0.25) is 4.79 Å². The molecule has 6 heteroatoms. The molecule has 0 radical (unpaired) electrons. The molecular formula is C17H20Cl2N2OS. The molecule has 1 unspecified atom stereocenters. The lowest BCUT2D eigenvalue weighted by molar-refractivity contribution is -0.119. The second kappa shape index (κ2) is 8.78. The lowest BCUT2D eigenvalue weighted by Crippen LogP contribution is -2.46. The number of nitrogens with one attached hydrogen (secondary N) is 2. The molecule has 0 spiro atoms. The van der Waals surface area contributed by atoms with Crippen LogP contribution < -0.4 is 10.6 Å². The molecule has 2 aromatic carbocycles. The van der Waals surface area contributed by atoms with E-state index in [4.69, 9.17) is 11.6 Å². The SMILES string of the molecule is Cl.O=C(CSc1cccc2cccc(Cl)c12)NC1CCCNC1. The van der Waals surface area contributed by atoms with Crippen LogP contribution in [-0.4, -0.2) is 30.8 Å². The summed E-state index contributed by atoms with van der Waals surface area (Å²) in [6.07, 6.45) is 2.18. The molecule has 1 saturated heterocycles. The number of hydrogen-bond donors (Lipinski definition) is 2. The highest BCUT2D eigenvalue weighted by atomic mass is 35.5. The summed E-state index contributed by atoms with van der Waals surface area (Å²) in [5.74, 6) is 0.503. The minimum atomic E-state index is 0. The van der Waals surface area contributed by atoms with Crippen molar-refractivity contribution in [2.45, 2.75) is 23.8 Å². The van der Waals surface area contributed by atoms with E-state index < -0.39 is 0 Å². The van der Waals surface area contributed by atoms with E-state index in [1.165, 1.54) is 0 Å². The van der Waals surface area contributed by atoms with E-state index in [2.05, 4.69) is 10.6 Å². The summed E-state index contributed by atoms with van der Waals surface area (Å²) in [4.78, 5) is 13.2. The molecule has 0 aliphatic carbocycles. The van der Waals surface area contributed by atoms with Gasteiger partial charge in [0.15, 0.2) is 0 Å². The summed E-state index contributed by atoms with van der Waals surface area (Å²) in [5.41, 5.74) is 0. The third-order valence-electron chi connectivity index (χ3n) is 3.84. The van der Waals surface area contributed by atoms with Crippen molar-refractivity contribution in [3.05, 3.63) is 41.4 Å². The van der Waals surface area contributed by atoms with Crippen molar-refractivity contribution < 1.29 is 4.79 Å². The smallest absolute Gasteiger partial charge is 0.230 e. The van der Waals surface area contributed by atoms with Crippen LogP contribution in [0.3, 0.4) is 0 Å². The molecule has 2 aromatic rings. The number of fused-ring (bicyclic) bond motifs is 1. The Hall–Kier alpha value is -0.940. The van der Waals surface area contributed by atoms with E-state index in [0.29, 0.717) is 5.75 Å². The van der Waals surface area contributed by atoms with Crippen LogP contribution in [0, 0.1) is 0 Å². The van der Waals surface area contributed by atoms with Gasteiger partial charge in [-0.05, 0) is 36.9 Å². The van der Waals surface area contributed by atoms with Gasteiger partial charge in [-0.15, -0.1) is 24.2 Å². The van der Waals surface area contributed by atoms with Crippen LogP contribution in [0.2, 0.25) is 5.02 Å². The Labute approximate surface area is 152 Å². The Bertz CT molecular complexity index is 669. The van der Waals surface area contributed by atoms with Gasteiger partial charge in [0, 0.05) is 27.9 Å². The zero-order chi connectivity index (χ0) is 15.4. The molecule has 3 rings (SSSR count). The van der Waals surface area contributed by atoms with E-state index >= 15 is 0 Å². The Balaban J connectivity index is 0.00000192. The fraction of sp³-hybridized carbons (Fsp3) is 0.353. The largest absolute Gasteiger partial charge is 0.351 e. The van der Waals surface area contributed by atoms with Gasteiger partial charge in [0.1, 0.15) is 0 Å². The van der Waals surface area contributed by atoms with Gasteiger partial charge in [0.05, 0.1) is 5.75 Å². The molecule has 0 saturated carbocycles. The number of hydrogen-bond acceptors (Lipinski definition) is 3. The number of amides is 1. The monoisotopic (exact) mass is 370 g/mol. The molecular weight excluding hydrogens is 351 g/mol. The van der Waals surface area contributed by atoms with Crippen LogP contribution >= 0.6 is 35.8 Å². The molecule has 1 heterocycles. The molecule has 1 amide bonds. The topological polar surface area (TPSA) is 41.1 Å². The third-order valence-corrected chi connectivity index (χ3v) is 5.21. The lowest BCUT2D eigenvalue weighted by Gasteiger charge is -2.23. The first kappa shape index (κ1) is 18.4. The van der Waals surface area contributed by atoms with Gasteiger partial charge in [-0.1, -0.05) is 35.9 Å². The average molecular weight is 371 g/mol. The van der Waals surface area contributed by atoms with Gasteiger partial charge in [0.25, 0.3) is 0 Å². The number of rotatable bonds is 4. The highest BCUT2D eigenvalue weighted by Crippen LogP contribution is 2.33. The van der Waals surface area contributed by atoms with Crippen LogP contribution in [0.5, 0.6) is 0 Å². The van der Waals surface area contributed by atoms with Crippen molar-refractivity contribution >= 4 is 52.4 Å². The Morgan fingerprint density at radius 1 is 1.30 bits per heavy atom. The summed E-state index contributed by atoms with van der Waals surface area (Å²) < 4.78 is 0. The summed E-state index contributed by atoms with van der Waals surface area (Å²) in [5, 5.41) is 9.27. The van der Waals surface area contributed by atoms with Gasteiger partial charge in [0.2, 0.25) is 5.91 Å². The van der Waals surface area contributed by atoms with Crippen LogP contribution in [0.1, 0.15) is 12.8 Å². The first-order valence-corrected chi connectivity index (χ1v) is 8.90. The zero-order valence-corrected chi connectivity index (χ0v) is 15.1. The minimum absolute atomic E-state index is 0. The van der Waals surface area contributed by atoms with Gasteiger partial charge in [-0.25, -0.2) is 0 Å². The van der Waals surface area contributed by atoms with Crippen molar-refractivity contribution in [2.75, 3.05) is 18.8 Å². The maximum Gasteiger partial charge on any atom is 0.230 e. The zero-order valence-electron chi connectivity index (χ0n) is 12.7. The highest BCUT2D eigenvalue weighted by molar-refractivity contribution is 8.00. The molecule has 3 nitrogen and oxygen atoms in total. The van der Waals surface area contributed by atoms with Crippen molar-refractivity contribution in [3.8, 4) is 0 Å². The van der Waals surface area contributed by atoms with E-state index in [-0.39, 0.29) is 24.4 Å². The first-order valence-electron chi connectivity index (χ1n) is 7.54. The molecule has 1 atom stereocenters. The van der Waals surface area contributed by atoms with Crippen molar-refractivity contribution in [1.82, 2.24) is 10.6 Å². The quantitative estimate of drug-likeness (QED) is 0.802. The molecule has 124 valence electrons. The minimum Gasteiger partial charge on any atom is -0.351 e. The average Bonchev–Trinajstić information content (AvgIpc) is 2.54. The number of benzene rings is 2. The number of piperidine rings is 1. The maximum absolute atomic E-state index is 12.1. The molecule has 23 heavy (non-hydrogen) atoms. The lowest BCUT2D eigenvalue weighted by atomic mass is 10.1. The summed E-state index contributed by atoms with van der Waals surface area (Å²) in [7, 11) is 0. The fourth-order valence-electron chi connectivity index (χ4n) is 2.77.